The van der Waals surface area contributed by atoms with Crippen LogP contribution in [0.3, 0.4) is 0 Å². The normalized spacial score (nSPS) is 19.1. The Bertz CT molecular complexity index is 414. The van der Waals surface area contributed by atoms with E-state index in [1.807, 2.05) is 13.0 Å². The quantitative estimate of drug-likeness (QED) is 0.730. The van der Waals surface area contributed by atoms with Gasteiger partial charge in [0.05, 0.1) is 18.8 Å². The summed E-state index contributed by atoms with van der Waals surface area (Å²) in [6, 6.07) is 3.61. The van der Waals surface area contributed by atoms with Gasteiger partial charge in [0.2, 0.25) is 0 Å². The third-order valence-corrected chi connectivity index (χ3v) is 3.14. The van der Waals surface area contributed by atoms with Crippen LogP contribution in [-0.4, -0.2) is 50.3 Å². The summed E-state index contributed by atoms with van der Waals surface area (Å²) >= 11 is 0. The highest BCUT2D eigenvalue weighted by molar-refractivity contribution is 5.93. The van der Waals surface area contributed by atoms with Gasteiger partial charge in [-0.3, -0.25) is 4.79 Å². The maximum atomic E-state index is 11.6. The minimum absolute atomic E-state index is 0.0899. The Morgan fingerprint density at radius 1 is 1.55 bits per heavy atom. The number of anilines is 1. The van der Waals surface area contributed by atoms with E-state index in [2.05, 4.69) is 20.9 Å². The Balaban J connectivity index is 1.82. The second-order valence-corrected chi connectivity index (χ2v) is 4.82. The number of pyridine rings is 1. The van der Waals surface area contributed by atoms with Crippen LogP contribution in [0.25, 0.3) is 0 Å². The van der Waals surface area contributed by atoms with Crippen LogP contribution in [0.5, 0.6) is 0 Å². The first-order chi connectivity index (χ1) is 9.79. The molecule has 1 fully saturated rings. The topological polar surface area (TPSA) is 75.3 Å². The predicted molar refractivity (Wildman–Crippen MR) is 77.9 cm³/mol. The van der Waals surface area contributed by atoms with Crippen molar-refractivity contribution in [3.63, 3.8) is 0 Å². The molecule has 0 bridgehead atoms. The third kappa shape index (κ3) is 4.47. The standard InChI is InChI=1S/C14H22N4O2/c1-2-16-14(19)12-3-4-13(18-9-12)17-8-11-7-15-5-6-20-10-11/h3-4,9,11,15H,2,5-8,10H2,1H3,(H,16,19)(H,17,18)/t11-/m0/s1. The largest absolute Gasteiger partial charge is 0.380 e. The van der Waals surface area contributed by atoms with Crippen molar-refractivity contribution < 1.29 is 9.53 Å². The van der Waals surface area contributed by atoms with Gasteiger partial charge < -0.3 is 20.7 Å². The molecule has 0 aliphatic carbocycles. The van der Waals surface area contributed by atoms with Crippen LogP contribution in [0.15, 0.2) is 18.3 Å². The molecular weight excluding hydrogens is 256 g/mol. The molecule has 1 aliphatic rings. The molecule has 0 saturated carbocycles. The number of amides is 1. The van der Waals surface area contributed by atoms with Crippen LogP contribution in [0.4, 0.5) is 5.82 Å². The summed E-state index contributed by atoms with van der Waals surface area (Å²) in [6.07, 6.45) is 1.59. The van der Waals surface area contributed by atoms with Gasteiger partial charge in [-0.25, -0.2) is 4.98 Å². The van der Waals surface area contributed by atoms with Crippen molar-refractivity contribution in [2.45, 2.75) is 6.92 Å². The van der Waals surface area contributed by atoms with Crippen molar-refractivity contribution >= 4 is 11.7 Å². The lowest BCUT2D eigenvalue weighted by Crippen LogP contribution is -2.28. The van der Waals surface area contributed by atoms with Crippen molar-refractivity contribution in [3.05, 3.63) is 23.9 Å². The van der Waals surface area contributed by atoms with Crippen molar-refractivity contribution in [2.24, 2.45) is 5.92 Å². The molecular formula is C14H22N4O2. The van der Waals surface area contributed by atoms with Crippen LogP contribution in [0, 0.1) is 5.92 Å². The van der Waals surface area contributed by atoms with E-state index in [1.165, 1.54) is 0 Å². The van der Waals surface area contributed by atoms with Gasteiger partial charge >= 0.3 is 0 Å². The molecule has 2 rings (SSSR count). The molecule has 6 nitrogen and oxygen atoms in total. The summed E-state index contributed by atoms with van der Waals surface area (Å²) in [5.74, 6) is 1.12. The number of hydrogen-bond donors (Lipinski definition) is 3. The number of hydrogen-bond acceptors (Lipinski definition) is 5. The van der Waals surface area contributed by atoms with Crippen molar-refractivity contribution in [2.75, 3.05) is 44.7 Å². The Labute approximate surface area is 119 Å². The first-order valence-corrected chi connectivity index (χ1v) is 7.06. The molecule has 2 heterocycles. The highest BCUT2D eigenvalue weighted by atomic mass is 16.5. The fourth-order valence-electron chi connectivity index (χ4n) is 2.03. The zero-order valence-corrected chi connectivity index (χ0v) is 11.8. The smallest absolute Gasteiger partial charge is 0.252 e. The van der Waals surface area contributed by atoms with Crippen LogP contribution >= 0.6 is 0 Å². The van der Waals surface area contributed by atoms with Gasteiger partial charge in [-0.2, -0.15) is 0 Å². The highest BCUT2D eigenvalue weighted by Crippen LogP contribution is 2.07. The molecule has 1 amide bonds. The first kappa shape index (κ1) is 14.7. The highest BCUT2D eigenvalue weighted by Gasteiger charge is 2.12. The van der Waals surface area contributed by atoms with Gasteiger partial charge in [0.1, 0.15) is 5.82 Å². The van der Waals surface area contributed by atoms with E-state index in [0.717, 1.165) is 38.7 Å². The molecule has 3 N–H and O–H groups in total. The van der Waals surface area contributed by atoms with E-state index in [1.54, 1.807) is 12.3 Å². The molecule has 0 aromatic carbocycles. The second kappa shape index (κ2) is 7.81. The molecule has 0 spiro atoms. The fourth-order valence-corrected chi connectivity index (χ4v) is 2.03. The average Bonchev–Trinajstić information content (AvgIpc) is 2.74. The second-order valence-electron chi connectivity index (χ2n) is 4.82. The Morgan fingerprint density at radius 2 is 2.45 bits per heavy atom. The lowest BCUT2D eigenvalue weighted by atomic mass is 10.1. The molecule has 1 aliphatic heterocycles. The Kier molecular flexibility index (Phi) is 5.76. The molecule has 110 valence electrons. The summed E-state index contributed by atoms with van der Waals surface area (Å²) in [5, 5.41) is 9.36. The van der Waals surface area contributed by atoms with E-state index >= 15 is 0 Å². The number of nitrogens with one attached hydrogen (secondary N) is 3. The molecule has 1 atom stereocenters. The molecule has 1 aromatic rings. The van der Waals surface area contributed by atoms with E-state index in [9.17, 15) is 4.79 Å². The Hall–Kier alpha value is -1.66. The molecule has 1 aromatic heterocycles. The molecule has 20 heavy (non-hydrogen) atoms. The maximum absolute atomic E-state index is 11.6. The number of rotatable bonds is 5. The molecule has 1 saturated heterocycles. The third-order valence-electron chi connectivity index (χ3n) is 3.14. The van der Waals surface area contributed by atoms with Gasteiger partial charge in [-0.05, 0) is 19.1 Å². The molecule has 0 radical (unpaired) electrons. The van der Waals surface area contributed by atoms with Crippen LogP contribution in [0.1, 0.15) is 17.3 Å². The van der Waals surface area contributed by atoms with E-state index in [0.29, 0.717) is 18.0 Å². The number of ether oxygens (including phenoxy) is 1. The summed E-state index contributed by atoms with van der Waals surface area (Å²) < 4.78 is 5.50. The average molecular weight is 278 g/mol. The van der Waals surface area contributed by atoms with E-state index in [-0.39, 0.29) is 5.91 Å². The minimum atomic E-state index is -0.0899. The van der Waals surface area contributed by atoms with Crippen molar-refractivity contribution in [1.29, 1.82) is 0 Å². The van der Waals surface area contributed by atoms with Crippen LogP contribution < -0.4 is 16.0 Å². The number of carbonyl (C=O) groups is 1. The number of aromatic nitrogens is 1. The lowest BCUT2D eigenvalue weighted by Gasteiger charge is -2.15. The van der Waals surface area contributed by atoms with Gasteiger partial charge in [-0.1, -0.05) is 0 Å². The van der Waals surface area contributed by atoms with Crippen molar-refractivity contribution in [3.8, 4) is 0 Å². The molecule has 0 unspecified atom stereocenters. The number of carbonyl (C=O) groups excluding carboxylic acids is 1. The zero-order chi connectivity index (χ0) is 14.2. The number of nitrogens with zero attached hydrogens (tertiary/aromatic N) is 1. The van der Waals surface area contributed by atoms with Gasteiger partial charge in [-0.15, -0.1) is 0 Å². The first-order valence-electron chi connectivity index (χ1n) is 7.06. The monoisotopic (exact) mass is 278 g/mol. The zero-order valence-electron chi connectivity index (χ0n) is 11.8. The van der Waals surface area contributed by atoms with E-state index < -0.39 is 0 Å². The lowest BCUT2D eigenvalue weighted by molar-refractivity contribution is 0.0955. The van der Waals surface area contributed by atoms with E-state index in [4.69, 9.17) is 4.74 Å². The minimum Gasteiger partial charge on any atom is -0.380 e. The Morgan fingerprint density at radius 3 is 3.20 bits per heavy atom. The maximum Gasteiger partial charge on any atom is 0.252 e. The summed E-state index contributed by atoms with van der Waals surface area (Å²) in [6.45, 7) is 6.71. The summed E-state index contributed by atoms with van der Waals surface area (Å²) in [5.41, 5.74) is 0.580. The fraction of sp³-hybridized carbons (Fsp3) is 0.571. The SMILES string of the molecule is CCNC(=O)c1ccc(NC[C@@H]2CNCCOC2)nc1. The van der Waals surface area contributed by atoms with Gasteiger partial charge in [0.25, 0.3) is 5.91 Å². The summed E-state index contributed by atoms with van der Waals surface area (Å²) in [4.78, 5) is 15.9. The van der Waals surface area contributed by atoms with Gasteiger partial charge in [0.15, 0.2) is 0 Å². The van der Waals surface area contributed by atoms with Crippen LogP contribution in [-0.2, 0) is 4.74 Å². The van der Waals surface area contributed by atoms with Crippen LogP contribution in [0.2, 0.25) is 0 Å². The van der Waals surface area contributed by atoms with Crippen molar-refractivity contribution in [1.82, 2.24) is 15.6 Å². The van der Waals surface area contributed by atoms with Gasteiger partial charge in [0, 0.05) is 38.3 Å². The summed E-state index contributed by atoms with van der Waals surface area (Å²) in [7, 11) is 0. The predicted octanol–water partition coefficient (Wildman–Crippen LogP) is 0.479. The molecule has 6 heteroatoms.